The maximum Gasteiger partial charge on any atom is 0.277 e. The molecule has 27 heavy (non-hydrogen) atoms. The second kappa shape index (κ2) is 9.19. The number of hydrogen-bond acceptors (Lipinski definition) is 5. The molecular formula is C17H15BrCl3N3O3. The molecular weight excluding hydrogens is 480 g/mol. The molecule has 0 aliphatic carbocycles. The van der Waals surface area contributed by atoms with Crippen molar-refractivity contribution in [3.8, 4) is 5.75 Å². The van der Waals surface area contributed by atoms with E-state index >= 15 is 0 Å². The van der Waals surface area contributed by atoms with Gasteiger partial charge in [-0.05, 0) is 34.8 Å². The van der Waals surface area contributed by atoms with Crippen LogP contribution in [0.3, 0.4) is 0 Å². The molecule has 0 bridgehead atoms. The fourth-order valence-corrected chi connectivity index (χ4v) is 3.75. The number of amides is 1. The first kappa shape index (κ1) is 20.3. The highest BCUT2D eigenvalue weighted by atomic mass is 79.9. The van der Waals surface area contributed by atoms with Gasteiger partial charge in [-0.2, -0.15) is 5.10 Å². The number of furan rings is 1. The number of hydrazone groups is 1. The molecule has 144 valence electrons. The Kier molecular flexibility index (Phi) is 6.92. The van der Waals surface area contributed by atoms with Crippen molar-refractivity contribution in [1.82, 2.24) is 5.43 Å². The number of nitrogens with zero attached hydrogens (tertiary/aromatic N) is 2. The minimum atomic E-state index is -0.469. The third-order valence-electron chi connectivity index (χ3n) is 3.78. The van der Waals surface area contributed by atoms with Crippen LogP contribution in [0.2, 0.25) is 15.1 Å². The highest BCUT2D eigenvalue weighted by molar-refractivity contribution is 9.10. The predicted octanol–water partition coefficient (Wildman–Crippen LogP) is 5.13. The second-order valence-corrected chi connectivity index (χ2v) is 7.85. The van der Waals surface area contributed by atoms with E-state index in [-0.39, 0.29) is 22.4 Å². The lowest BCUT2D eigenvalue weighted by Gasteiger charge is -2.13. The van der Waals surface area contributed by atoms with Crippen LogP contribution < -0.4 is 15.1 Å². The maximum atomic E-state index is 11.9. The quantitative estimate of drug-likeness (QED) is 0.343. The van der Waals surface area contributed by atoms with Gasteiger partial charge in [-0.3, -0.25) is 4.79 Å². The summed E-state index contributed by atoms with van der Waals surface area (Å²) in [6.07, 6.45) is 3.72. The summed E-state index contributed by atoms with van der Waals surface area (Å²) in [5.41, 5.74) is 2.36. The van der Waals surface area contributed by atoms with Crippen molar-refractivity contribution in [2.24, 2.45) is 5.10 Å². The lowest BCUT2D eigenvalue weighted by Crippen LogP contribution is -2.24. The number of benzene rings is 1. The zero-order chi connectivity index (χ0) is 19.4. The van der Waals surface area contributed by atoms with Gasteiger partial charge in [0, 0.05) is 30.2 Å². The standard InChI is InChI=1S/C17H15BrCl3N3O3/c18-12-7-11(27-17(12)24-3-1-2-4-24)8-22-23-15(25)9-26-14-6-10(19)5-13(20)16(14)21/h5-8H,1-4,9H2,(H,23,25)/b22-8-. The van der Waals surface area contributed by atoms with E-state index in [2.05, 4.69) is 31.4 Å². The zero-order valence-electron chi connectivity index (χ0n) is 14.0. The normalized spacial score (nSPS) is 14.1. The van der Waals surface area contributed by atoms with Crippen molar-refractivity contribution in [3.05, 3.63) is 43.5 Å². The molecule has 1 fully saturated rings. The van der Waals surface area contributed by atoms with Crippen LogP contribution in [0.1, 0.15) is 18.6 Å². The molecule has 1 saturated heterocycles. The number of carbonyl (C=O) groups excluding carboxylic acids is 1. The molecule has 3 rings (SSSR count). The summed E-state index contributed by atoms with van der Waals surface area (Å²) in [6, 6.07) is 4.76. The minimum Gasteiger partial charge on any atom is -0.482 e. The molecule has 1 aromatic heterocycles. The summed E-state index contributed by atoms with van der Waals surface area (Å²) in [6.45, 7) is 1.63. The van der Waals surface area contributed by atoms with Gasteiger partial charge >= 0.3 is 0 Å². The minimum absolute atomic E-state index is 0.187. The Hall–Kier alpha value is -1.41. The average molecular weight is 496 g/mol. The van der Waals surface area contributed by atoms with Gasteiger partial charge in [0.25, 0.3) is 5.91 Å². The highest BCUT2D eigenvalue weighted by Gasteiger charge is 2.19. The molecule has 1 N–H and O–H groups in total. The molecule has 6 nitrogen and oxygen atoms in total. The number of nitrogens with one attached hydrogen (secondary N) is 1. The van der Waals surface area contributed by atoms with E-state index in [0.717, 1.165) is 36.3 Å². The Labute approximate surface area is 179 Å². The number of carbonyl (C=O) groups is 1. The Bertz CT molecular complexity index is 867. The molecule has 0 atom stereocenters. The van der Waals surface area contributed by atoms with Crippen molar-refractivity contribution in [2.75, 3.05) is 24.6 Å². The molecule has 0 radical (unpaired) electrons. The monoisotopic (exact) mass is 493 g/mol. The van der Waals surface area contributed by atoms with Crippen LogP contribution >= 0.6 is 50.7 Å². The van der Waals surface area contributed by atoms with Gasteiger partial charge in [0.1, 0.15) is 10.8 Å². The molecule has 1 aromatic carbocycles. The van der Waals surface area contributed by atoms with Crippen LogP contribution in [0, 0.1) is 0 Å². The zero-order valence-corrected chi connectivity index (χ0v) is 17.8. The van der Waals surface area contributed by atoms with Gasteiger partial charge in [0.05, 0.1) is 15.7 Å². The van der Waals surface area contributed by atoms with Crippen LogP contribution in [0.5, 0.6) is 5.75 Å². The van der Waals surface area contributed by atoms with Crippen LogP contribution in [0.25, 0.3) is 0 Å². The van der Waals surface area contributed by atoms with Crippen molar-refractivity contribution in [2.45, 2.75) is 12.8 Å². The summed E-state index contributed by atoms with van der Waals surface area (Å²) in [7, 11) is 0. The third kappa shape index (κ3) is 5.31. The van der Waals surface area contributed by atoms with E-state index in [1.807, 2.05) is 0 Å². The van der Waals surface area contributed by atoms with Crippen molar-refractivity contribution in [1.29, 1.82) is 0 Å². The summed E-state index contributed by atoms with van der Waals surface area (Å²) >= 11 is 21.3. The molecule has 2 aromatic rings. The van der Waals surface area contributed by atoms with Crippen LogP contribution in [0.15, 0.2) is 32.2 Å². The van der Waals surface area contributed by atoms with E-state index in [1.165, 1.54) is 18.3 Å². The molecule has 0 saturated carbocycles. The van der Waals surface area contributed by atoms with E-state index in [4.69, 9.17) is 44.0 Å². The summed E-state index contributed by atoms with van der Waals surface area (Å²) in [5.74, 6) is 1.05. The molecule has 1 amide bonds. The van der Waals surface area contributed by atoms with Crippen LogP contribution in [-0.4, -0.2) is 31.8 Å². The van der Waals surface area contributed by atoms with Crippen LogP contribution in [-0.2, 0) is 4.79 Å². The Balaban J connectivity index is 1.53. The fraction of sp³-hybridized carbons (Fsp3) is 0.294. The van der Waals surface area contributed by atoms with Gasteiger partial charge in [0.15, 0.2) is 12.4 Å². The SMILES string of the molecule is O=C(COc1cc(Cl)cc(Cl)c1Cl)N/N=C\c1cc(Br)c(N2CCCC2)o1. The van der Waals surface area contributed by atoms with Crippen molar-refractivity contribution >= 4 is 68.7 Å². The van der Waals surface area contributed by atoms with Crippen molar-refractivity contribution in [3.63, 3.8) is 0 Å². The smallest absolute Gasteiger partial charge is 0.277 e. The third-order valence-corrected chi connectivity index (χ3v) is 5.35. The molecule has 0 spiro atoms. The largest absolute Gasteiger partial charge is 0.482 e. The lowest BCUT2D eigenvalue weighted by molar-refractivity contribution is -0.123. The first-order valence-corrected chi connectivity index (χ1v) is 10.0. The molecule has 0 unspecified atom stereocenters. The van der Waals surface area contributed by atoms with Crippen LogP contribution in [0.4, 0.5) is 5.88 Å². The maximum absolute atomic E-state index is 11.9. The number of ether oxygens (including phenoxy) is 1. The molecule has 1 aliphatic heterocycles. The molecule has 1 aliphatic rings. The average Bonchev–Trinajstić information content (AvgIpc) is 3.26. The fourth-order valence-electron chi connectivity index (χ4n) is 2.56. The highest BCUT2D eigenvalue weighted by Crippen LogP contribution is 2.35. The van der Waals surface area contributed by atoms with Gasteiger partial charge in [-0.25, -0.2) is 5.43 Å². The number of rotatable bonds is 6. The predicted molar refractivity (Wildman–Crippen MR) is 111 cm³/mol. The van der Waals surface area contributed by atoms with Gasteiger partial charge in [-0.1, -0.05) is 34.8 Å². The van der Waals surface area contributed by atoms with Gasteiger partial charge in [-0.15, -0.1) is 0 Å². The van der Waals surface area contributed by atoms with Gasteiger partial charge < -0.3 is 14.1 Å². The number of anilines is 1. The van der Waals surface area contributed by atoms with E-state index in [1.54, 1.807) is 6.07 Å². The van der Waals surface area contributed by atoms with Crippen molar-refractivity contribution < 1.29 is 13.9 Å². The van der Waals surface area contributed by atoms with Gasteiger partial charge in [0.2, 0.25) is 5.88 Å². The molecule has 2 heterocycles. The Morgan fingerprint density at radius 2 is 2.04 bits per heavy atom. The topological polar surface area (TPSA) is 67.1 Å². The summed E-state index contributed by atoms with van der Waals surface area (Å²) < 4.78 is 11.9. The number of hydrogen-bond donors (Lipinski definition) is 1. The lowest BCUT2D eigenvalue weighted by atomic mass is 10.3. The second-order valence-electron chi connectivity index (χ2n) is 5.78. The Morgan fingerprint density at radius 1 is 1.30 bits per heavy atom. The first-order chi connectivity index (χ1) is 12.9. The summed E-state index contributed by atoms with van der Waals surface area (Å²) in [5, 5.41) is 4.66. The Morgan fingerprint density at radius 3 is 2.78 bits per heavy atom. The van der Waals surface area contributed by atoms with E-state index in [9.17, 15) is 4.79 Å². The first-order valence-electron chi connectivity index (χ1n) is 8.07. The summed E-state index contributed by atoms with van der Waals surface area (Å²) in [4.78, 5) is 14.0. The molecule has 10 heteroatoms. The number of halogens is 4. The van der Waals surface area contributed by atoms with E-state index in [0.29, 0.717) is 10.8 Å². The van der Waals surface area contributed by atoms with E-state index < -0.39 is 5.91 Å².